The van der Waals surface area contributed by atoms with Crippen molar-refractivity contribution in [3.8, 4) is 5.75 Å². The summed E-state index contributed by atoms with van der Waals surface area (Å²) in [7, 11) is 1.72. The Hall–Kier alpha value is -1.71. The molecule has 0 amide bonds. The summed E-state index contributed by atoms with van der Waals surface area (Å²) in [4.78, 5) is 0. The molecule has 1 unspecified atom stereocenters. The van der Waals surface area contributed by atoms with E-state index in [1.54, 1.807) is 7.11 Å². The number of ether oxygens (including phenoxy) is 1. The predicted molar refractivity (Wildman–Crippen MR) is 85.0 cm³/mol. The minimum atomic E-state index is 0.569. The van der Waals surface area contributed by atoms with Gasteiger partial charge < -0.3 is 10.1 Å². The van der Waals surface area contributed by atoms with Crippen molar-refractivity contribution in [2.75, 3.05) is 19.0 Å². The minimum absolute atomic E-state index is 0.569. The van der Waals surface area contributed by atoms with E-state index < -0.39 is 0 Å². The first kappa shape index (κ1) is 13.0. The quantitative estimate of drug-likeness (QED) is 0.907. The number of hydrogen-bond acceptors (Lipinski definition) is 3. The number of methoxy groups -OCH3 is 1. The molecular weight excluding hydrogens is 262 g/mol. The topological polar surface area (TPSA) is 39.1 Å². The van der Waals surface area contributed by atoms with E-state index in [-0.39, 0.29) is 0 Å². The van der Waals surface area contributed by atoms with Gasteiger partial charge in [-0.25, -0.2) is 4.68 Å². The monoisotopic (exact) mass is 285 g/mol. The molecule has 4 heteroatoms. The average Bonchev–Trinajstić information content (AvgIpc) is 2.93. The molecule has 4 nitrogen and oxygen atoms in total. The van der Waals surface area contributed by atoms with E-state index >= 15 is 0 Å². The number of anilines is 1. The lowest BCUT2D eigenvalue weighted by Gasteiger charge is -2.34. The molecule has 21 heavy (non-hydrogen) atoms. The fraction of sp³-hybridized carbons (Fsp3) is 0.588. The van der Waals surface area contributed by atoms with Gasteiger partial charge in [-0.05, 0) is 43.4 Å². The number of nitrogens with one attached hydrogen (secondary N) is 1. The molecule has 2 heterocycles. The Morgan fingerprint density at radius 3 is 2.86 bits per heavy atom. The highest BCUT2D eigenvalue weighted by molar-refractivity contribution is 5.91. The molecule has 0 bridgehead atoms. The Morgan fingerprint density at radius 1 is 1.19 bits per heavy atom. The maximum atomic E-state index is 5.36. The van der Waals surface area contributed by atoms with Gasteiger partial charge in [-0.15, -0.1) is 0 Å². The standard InChI is InChI=1S/C17H23N3O/c1-21-13-7-8-15-14(11-13)17-18-10-9-16(20(17)19-15)12-5-3-2-4-6-12/h7-8,11-12,16,18H,2-6,9-10H2,1H3. The molecule has 1 N–H and O–H groups in total. The van der Waals surface area contributed by atoms with E-state index in [4.69, 9.17) is 9.84 Å². The molecule has 112 valence electrons. The van der Waals surface area contributed by atoms with Crippen LogP contribution in [0.25, 0.3) is 10.9 Å². The first-order valence-electron chi connectivity index (χ1n) is 8.17. The molecule has 1 saturated carbocycles. The van der Waals surface area contributed by atoms with Crippen LogP contribution >= 0.6 is 0 Å². The Kier molecular flexibility index (Phi) is 3.24. The molecule has 1 aromatic heterocycles. The molecule has 0 radical (unpaired) electrons. The average molecular weight is 285 g/mol. The molecular formula is C17H23N3O. The van der Waals surface area contributed by atoms with Gasteiger partial charge in [0, 0.05) is 11.9 Å². The van der Waals surface area contributed by atoms with Crippen LogP contribution in [0.2, 0.25) is 0 Å². The Bertz CT molecular complexity index is 643. The van der Waals surface area contributed by atoms with E-state index in [2.05, 4.69) is 22.1 Å². The van der Waals surface area contributed by atoms with Gasteiger partial charge in [0.1, 0.15) is 11.6 Å². The van der Waals surface area contributed by atoms with Gasteiger partial charge in [0.05, 0.1) is 18.7 Å². The van der Waals surface area contributed by atoms with Crippen LogP contribution < -0.4 is 10.1 Å². The van der Waals surface area contributed by atoms with Crippen LogP contribution in [0.15, 0.2) is 18.2 Å². The van der Waals surface area contributed by atoms with E-state index in [0.29, 0.717) is 6.04 Å². The van der Waals surface area contributed by atoms with Crippen LogP contribution in [0.4, 0.5) is 5.82 Å². The highest BCUT2D eigenvalue weighted by Crippen LogP contribution is 2.40. The van der Waals surface area contributed by atoms with E-state index in [1.165, 1.54) is 49.7 Å². The molecule has 1 fully saturated rings. The van der Waals surface area contributed by atoms with Crippen LogP contribution in [0, 0.1) is 5.92 Å². The van der Waals surface area contributed by atoms with E-state index in [1.807, 2.05) is 6.07 Å². The van der Waals surface area contributed by atoms with Crippen LogP contribution in [0.1, 0.15) is 44.6 Å². The summed E-state index contributed by atoms with van der Waals surface area (Å²) >= 11 is 0. The summed E-state index contributed by atoms with van der Waals surface area (Å²) in [5, 5.41) is 9.62. The second kappa shape index (κ2) is 5.24. The van der Waals surface area contributed by atoms with Crippen LogP contribution in [-0.4, -0.2) is 23.4 Å². The minimum Gasteiger partial charge on any atom is -0.497 e. The van der Waals surface area contributed by atoms with Gasteiger partial charge in [0.25, 0.3) is 0 Å². The Morgan fingerprint density at radius 2 is 2.05 bits per heavy atom. The van der Waals surface area contributed by atoms with Gasteiger partial charge in [0.2, 0.25) is 0 Å². The van der Waals surface area contributed by atoms with Crippen molar-refractivity contribution in [2.45, 2.75) is 44.6 Å². The molecule has 0 saturated heterocycles. The fourth-order valence-electron chi connectivity index (χ4n) is 4.04. The summed E-state index contributed by atoms with van der Waals surface area (Å²) in [6.07, 6.45) is 8.11. The van der Waals surface area contributed by atoms with Crippen molar-refractivity contribution in [3.05, 3.63) is 18.2 Å². The molecule has 1 aliphatic carbocycles. The molecule has 1 aliphatic heterocycles. The van der Waals surface area contributed by atoms with Crippen molar-refractivity contribution in [3.63, 3.8) is 0 Å². The summed E-state index contributed by atoms with van der Waals surface area (Å²) in [5.74, 6) is 2.89. The Balaban J connectivity index is 1.76. The van der Waals surface area contributed by atoms with Crippen molar-refractivity contribution < 1.29 is 4.74 Å². The van der Waals surface area contributed by atoms with Crippen molar-refractivity contribution in [1.29, 1.82) is 0 Å². The summed E-state index contributed by atoms with van der Waals surface area (Å²) in [6, 6.07) is 6.74. The molecule has 1 atom stereocenters. The second-order valence-electron chi connectivity index (χ2n) is 6.36. The largest absolute Gasteiger partial charge is 0.497 e. The van der Waals surface area contributed by atoms with Crippen molar-refractivity contribution >= 4 is 16.7 Å². The first-order chi connectivity index (χ1) is 10.4. The summed E-state index contributed by atoms with van der Waals surface area (Å²) in [6.45, 7) is 1.05. The zero-order chi connectivity index (χ0) is 14.2. The lowest BCUT2D eigenvalue weighted by atomic mass is 9.82. The lowest BCUT2D eigenvalue weighted by Crippen LogP contribution is -2.30. The van der Waals surface area contributed by atoms with Crippen LogP contribution in [0.3, 0.4) is 0 Å². The van der Waals surface area contributed by atoms with Gasteiger partial charge in [0.15, 0.2) is 0 Å². The predicted octanol–water partition coefficient (Wildman–Crippen LogP) is 3.98. The number of hydrogen-bond donors (Lipinski definition) is 1. The highest BCUT2D eigenvalue weighted by Gasteiger charge is 2.30. The number of nitrogens with zero attached hydrogens (tertiary/aromatic N) is 2. The third-order valence-corrected chi connectivity index (χ3v) is 5.14. The second-order valence-corrected chi connectivity index (χ2v) is 6.36. The van der Waals surface area contributed by atoms with Crippen LogP contribution in [0.5, 0.6) is 5.75 Å². The molecule has 2 aliphatic rings. The van der Waals surface area contributed by atoms with E-state index in [0.717, 1.165) is 23.7 Å². The molecule has 0 spiro atoms. The van der Waals surface area contributed by atoms with Crippen molar-refractivity contribution in [2.24, 2.45) is 5.92 Å². The SMILES string of the molecule is COc1ccc2nn3c(c2c1)NCCC3C1CCCCC1. The fourth-order valence-corrected chi connectivity index (χ4v) is 4.04. The van der Waals surface area contributed by atoms with Gasteiger partial charge in [-0.2, -0.15) is 5.10 Å². The summed E-state index contributed by atoms with van der Waals surface area (Å²) < 4.78 is 7.63. The van der Waals surface area contributed by atoms with Gasteiger partial charge in [-0.1, -0.05) is 19.3 Å². The Labute approximate surface area is 125 Å². The maximum Gasteiger partial charge on any atom is 0.132 e. The first-order valence-corrected chi connectivity index (χ1v) is 8.17. The third-order valence-electron chi connectivity index (χ3n) is 5.14. The zero-order valence-electron chi connectivity index (χ0n) is 12.6. The number of fused-ring (bicyclic) bond motifs is 3. The number of aromatic nitrogens is 2. The van der Waals surface area contributed by atoms with Crippen LogP contribution in [-0.2, 0) is 0 Å². The van der Waals surface area contributed by atoms with Gasteiger partial charge >= 0.3 is 0 Å². The molecule has 1 aromatic carbocycles. The highest BCUT2D eigenvalue weighted by atomic mass is 16.5. The number of rotatable bonds is 2. The lowest BCUT2D eigenvalue weighted by molar-refractivity contribution is 0.223. The maximum absolute atomic E-state index is 5.36. The normalized spacial score (nSPS) is 22.8. The summed E-state index contributed by atoms with van der Waals surface area (Å²) in [5.41, 5.74) is 1.07. The molecule has 4 rings (SSSR count). The van der Waals surface area contributed by atoms with E-state index in [9.17, 15) is 0 Å². The molecule has 2 aromatic rings. The number of benzene rings is 1. The van der Waals surface area contributed by atoms with Gasteiger partial charge in [-0.3, -0.25) is 0 Å². The zero-order valence-corrected chi connectivity index (χ0v) is 12.6. The third kappa shape index (κ3) is 2.17. The smallest absolute Gasteiger partial charge is 0.132 e. The van der Waals surface area contributed by atoms with Crippen molar-refractivity contribution in [1.82, 2.24) is 9.78 Å².